The molecule has 0 bridgehead atoms. The van der Waals surface area contributed by atoms with Gasteiger partial charge in [0, 0.05) is 38.2 Å². The number of nitrogens with zero attached hydrogens (tertiary/aromatic N) is 2. The van der Waals surface area contributed by atoms with Crippen molar-refractivity contribution < 1.29 is 9.26 Å². The summed E-state index contributed by atoms with van der Waals surface area (Å²) in [4.78, 5) is 2.51. The Hall–Kier alpha value is -1.65. The van der Waals surface area contributed by atoms with Gasteiger partial charge in [-0.2, -0.15) is 0 Å². The largest absolute Gasteiger partial charge is 0.381 e. The van der Waals surface area contributed by atoms with Crippen molar-refractivity contribution in [1.82, 2.24) is 10.1 Å². The minimum absolute atomic E-state index is 0.344. The number of benzene rings is 1. The Bertz CT molecular complexity index is 604. The van der Waals surface area contributed by atoms with Crippen molar-refractivity contribution in [2.75, 3.05) is 20.2 Å². The molecule has 23 heavy (non-hydrogen) atoms. The summed E-state index contributed by atoms with van der Waals surface area (Å²) in [6.07, 6.45) is 2.49. The molecule has 1 saturated heterocycles. The first-order valence-electron chi connectivity index (χ1n) is 8.38. The van der Waals surface area contributed by atoms with Crippen LogP contribution in [0.5, 0.6) is 0 Å². The van der Waals surface area contributed by atoms with Gasteiger partial charge in [0.15, 0.2) is 0 Å². The third-order valence-electron chi connectivity index (χ3n) is 4.95. The van der Waals surface area contributed by atoms with E-state index in [0.29, 0.717) is 12.0 Å². The summed E-state index contributed by atoms with van der Waals surface area (Å²) in [7, 11) is 1.84. The van der Waals surface area contributed by atoms with Crippen molar-refractivity contribution in [3.63, 3.8) is 0 Å². The smallest absolute Gasteiger partial charge is 0.138 e. The molecule has 1 aliphatic rings. The first kappa shape index (κ1) is 16.2. The summed E-state index contributed by atoms with van der Waals surface area (Å²) in [5.74, 6) is 1.47. The second-order valence-electron chi connectivity index (χ2n) is 6.55. The maximum Gasteiger partial charge on any atom is 0.138 e. The molecule has 2 heterocycles. The SMILES string of the molecule is CO[C@@H]1CCN(Cc2c(C)noc2C)C[C@@H]1Cc1ccccc1. The number of piperidine rings is 1. The Labute approximate surface area is 138 Å². The highest BCUT2D eigenvalue weighted by Gasteiger charge is 2.30. The number of rotatable bonds is 5. The summed E-state index contributed by atoms with van der Waals surface area (Å²) in [6, 6.07) is 10.7. The van der Waals surface area contributed by atoms with Gasteiger partial charge in [-0.1, -0.05) is 35.5 Å². The zero-order valence-electron chi connectivity index (χ0n) is 14.3. The molecule has 0 N–H and O–H groups in total. The molecule has 0 radical (unpaired) electrons. The summed E-state index contributed by atoms with van der Waals surface area (Å²) < 4.78 is 11.0. The van der Waals surface area contributed by atoms with E-state index >= 15 is 0 Å². The Morgan fingerprint density at radius 2 is 2.04 bits per heavy atom. The van der Waals surface area contributed by atoms with Crippen LogP contribution in [0.15, 0.2) is 34.9 Å². The van der Waals surface area contributed by atoms with Crippen molar-refractivity contribution in [1.29, 1.82) is 0 Å². The Morgan fingerprint density at radius 1 is 1.26 bits per heavy atom. The van der Waals surface area contributed by atoms with Gasteiger partial charge in [0.25, 0.3) is 0 Å². The van der Waals surface area contributed by atoms with Crippen LogP contribution in [-0.4, -0.2) is 36.4 Å². The van der Waals surface area contributed by atoms with Crippen LogP contribution in [0.3, 0.4) is 0 Å². The second kappa shape index (κ2) is 7.28. The molecule has 2 atom stereocenters. The molecule has 3 rings (SSSR count). The predicted molar refractivity (Wildman–Crippen MR) is 90.3 cm³/mol. The van der Waals surface area contributed by atoms with E-state index in [-0.39, 0.29) is 0 Å². The Kier molecular flexibility index (Phi) is 5.13. The maximum absolute atomic E-state index is 5.75. The van der Waals surface area contributed by atoms with Gasteiger partial charge >= 0.3 is 0 Å². The predicted octanol–water partition coefficient (Wildman–Crippen LogP) is 3.37. The topological polar surface area (TPSA) is 38.5 Å². The van der Waals surface area contributed by atoms with Crippen LogP contribution in [0.1, 0.15) is 29.0 Å². The fourth-order valence-electron chi connectivity index (χ4n) is 3.60. The van der Waals surface area contributed by atoms with Gasteiger partial charge in [0.1, 0.15) is 5.76 Å². The average Bonchev–Trinajstić information content (AvgIpc) is 2.88. The summed E-state index contributed by atoms with van der Waals surface area (Å²) in [6.45, 7) is 7.06. The fraction of sp³-hybridized carbons (Fsp3) is 0.526. The average molecular weight is 314 g/mol. The van der Waals surface area contributed by atoms with Crippen LogP contribution in [0.25, 0.3) is 0 Å². The van der Waals surface area contributed by atoms with Crippen LogP contribution in [0.4, 0.5) is 0 Å². The molecule has 4 nitrogen and oxygen atoms in total. The van der Waals surface area contributed by atoms with E-state index in [1.807, 2.05) is 21.0 Å². The van der Waals surface area contributed by atoms with Crippen LogP contribution in [0, 0.1) is 19.8 Å². The van der Waals surface area contributed by atoms with E-state index in [1.165, 1.54) is 11.1 Å². The molecule has 0 saturated carbocycles. The number of ether oxygens (including phenoxy) is 1. The number of hydrogen-bond acceptors (Lipinski definition) is 4. The molecule has 2 aromatic rings. The van der Waals surface area contributed by atoms with Crippen LogP contribution >= 0.6 is 0 Å². The molecule has 0 spiro atoms. The number of aromatic nitrogens is 1. The first-order valence-corrected chi connectivity index (χ1v) is 8.38. The van der Waals surface area contributed by atoms with Gasteiger partial charge in [-0.3, -0.25) is 4.90 Å². The van der Waals surface area contributed by atoms with Crippen molar-refractivity contribution >= 4 is 0 Å². The first-order chi connectivity index (χ1) is 11.2. The second-order valence-corrected chi connectivity index (χ2v) is 6.55. The van der Waals surface area contributed by atoms with E-state index in [9.17, 15) is 0 Å². The molecule has 0 amide bonds. The summed E-state index contributed by atoms with van der Waals surface area (Å²) in [5, 5.41) is 4.07. The van der Waals surface area contributed by atoms with Crippen molar-refractivity contribution in [2.45, 2.75) is 39.3 Å². The van der Waals surface area contributed by atoms with E-state index < -0.39 is 0 Å². The van der Waals surface area contributed by atoms with E-state index in [1.54, 1.807) is 0 Å². The molecule has 0 aliphatic carbocycles. The van der Waals surface area contributed by atoms with Crippen molar-refractivity contribution in [3.8, 4) is 0 Å². The zero-order valence-corrected chi connectivity index (χ0v) is 14.3. The van der Waals surface area contributed by atoms with Crippen molar-refractivity contribution in [2.24, 2.45) is 5.92 Å². The molecule has 4 heteroatoms. The maximum atomic E-state index is 5.75. The molecule has 1 aliphatic heterocycles. The van der Waals surface area contributed by atoms with Gasteiger partial charge in [-0.15, -0.1) is 0 Å². The molecule has 124 valence electrons. The lowest BCUT2D eigenvalue weighted by atomic mass is 9.88. The lowest BCUT2D eigenvalue weighted by Crippen LogP contribution is -2.44. The number of likely N-dealkylation sites (tertiary alicyclic amines) is 1. The molecule has 0 unspecified atom stereocenters. The summed E-state index contributed by atoms with van der Waals surface area (Å²) in [5.41, 5.74) is 3.63. The highest BCUT2D eigenvalue weighted by molar-refractivity contribution is 5.21. The lowest BCUT2D eigenvalue weighted by Gasteiger charge is -2.38. The summed E-state index contributed by atoms with van der Waals surface area (Å²) >= 11 is 0. The third kappa shape index (κ3) is 3.82. The van der Waals surface area contributed by atoms with E-state index in [2.05, 4.69) is 40.4 Å². The van der Waals surface area contributed by atoms with Gasteiger partial charge in [0.05, 0.1) is 11.8 Å². The highest BCUT2D eigenvalue weighted by atomic mass is 16.5. The Morgan fingerprint density at radius 3 is 2.70 bits per heavy atom. The molecule has 1 aromatic heterocycles. The Balaban J connectivity index is 1.68. The minimum atomic E-state index is 0.344. The highest BCUT2D eigenvalue weighted by Crippen LogP contribution is 2.26. The number of hydrogen-bond donors (Lipinski definition) is 0. The third-order valence-corrected chi connectivity index (χ3v) is 4.95. The van der Waals surface area contributed by atoms with Crippen molar-refractivity contribution in [3.05, 3.63) is 52.9 Å². The molecule has 1 fully saturated rings. The molecular weight excluding hydrogens is 288 g/mol. The lowest BCUT2D eigenvalue weighted by molar-refractivity contribution is -0.00860. The monoisotopic (exact) mass is 314 g/mol. The molecule has 1 aromatic carbocycles. The molecular formula is C19H26N2O2. The van der Waals surface area contributed by atoms with Gasteiger partial charge in [-0.25, -0.2) is 0 Å². The number of methoxy groups -OCH3 is 1. The van der Waals surface area contributed by atoms with Gasteiger partial charge in [0.2, 0.25) is 0 Å². The quantitative estimate of drug-likeness (QED) is 0.848. The fourth-order valence-corrected chi connectivity index (χ4v) is 3.60. The standard InChI is InChI=1S/C19H26N2O2/c1-14-18(15(2)23-20-14)13-21-10-9-19(22-3)17(12-21)11-16-7-5-4-6-8-16/h4-8,17,19H,9-13H2,1-3H3/t17-,19+/m0/s1. The van der Waals surface area contributed by atoms with E-state index in [4.69, 9.17) is 9.26 Å². The van der Waals surface area contributed by atoms with Gasteiger partial charge < -0.3 is 9.26 Å². The van der Waals surface area contributed by atoms with Crippen LogP contribution in [0.2, 0.25) is 0 Å². The number of aryl methyl sites for hydroxylation is 2. The van der Waals surface area contributed by atoms with E-state index in [0.717, 1.165) is 43.9 Å². The zero-order chi connectivity index (χ0) is 16.2. The van der Waals surface area contributed by atoms with Gasteiger partial charge in [-0.05, 0) is 32.3 Å². The van der Waals surface area contributed by atoms with Crippen LogP contribution < -0.4 is 0 Å². The minimum Gasteiger partial charge on any atom is -0.381 e. The normalized spacial score (nSPS) is 22.4. The van der Waals surface area contributed by atoms with Crippen LogP contribution in [-0.2, 0) is 17.7 Å².